The molecule has 2 aromatic carbocycles. The molecule has 0 saturated heterocycles. The molecule has 0 unspecified atom stereocenters. The fourth-order valence-electron chi connectivity index (χ4n) is 1.55. The van der Waals surface area contributed by atoms with Gasteiger partial charge in [-0.15, -0.1) is 0 Å². The van der Waals surface area contributed by atoms with Gasteiger partial charge in [-0.25, -0.2) is 4.79 Å². The van der Waals surface area contributed by atoms with Crippen molar-refractivity contribution in [3.63, 3.8) is 0 Å². The lowest BCUT2D eigenvalue weighted by atomic mass is 10.1. The zero-order valence-corrected chi connectivity index (χ0v) is 12.3. The van der Waals surface area contributed by atoms with Crippen molar-refractivity contribution in [2.75, 3.05) is 0 Å². The fourth-order valence-corrected chi connectivity index (χ4v) is 2.24. The lowest BCUT2D eigenvalue weighted by Crippen LogP contribution is -2.00. The van der Waals surface area contributed by atoms with E-state index in [-0.39, 0.29) is 12.2 Å². The van der Waals surface area contributed by atoms with Gasteiger partial charge >= 0.3 is 5.97 Å². The first-order valence-corrected chi connectivity index (χ1v) is 6.70. The topological polar surface area (TPSA) is 46.5 Å². The van der Waals surface area contributed by atoms with E-state index in [9.17, 15) is 4.79 Å². The Kier molecular flexibility index (Phi) is 4.76. The van der Waals surface area contributed by atoms with Crippen LogP contribution in [-0.2, 0) is 6.61 Å². The number of hydrogen-bond acceptors (Lipinski definition) is 2. The van der Waals surface area contributed by atoms with Crippen molar-refractivity contribution in [3.05, 3.63) is 62.6 Å². The Morgan fingerprint density at radius 1 is 1.05 bits per heavy atom. The average Bonchev–Trinajstić information content (AvgIpc) is 2.38. The van der Waals surface area contributed by atoms with Crippen LogP contribution in [0.3, 0.4) is 0 Å². The summed E-state index contributed by atoms with van der Waals surface area (Å²) in [6.07, 6.45) is 0. The molecule has 104 valence electrons. The molecule has 0 bridgehead atoms. The second kappa shape index (κ2) is 6.35. The zero-order valence-electron chi connectivity index (χ0n) is 10.1. The number of ether oxygens (including phenoxy) is 1. The summed E-state index contributed by atoms with van der Waals surface area (Å²) >= 11 is 17.8. The van der Waals surface area contributed by atoms with Crippen LogP contribution in [0.25, 0.3) is 0 Å². The molecule has 0 fully saturated rings. The summed E-state index contributed by atoms with van der Waals surface area (Å²) in [7, 11) is 0. The summed E-state index contributed by atoms with van der Waals surface area (Å²) < 4.78 is 5.54. The molecule has 2 rings (SSSR count). The van der Waals surface area contributed by atoms with Gasteiger partial charge in [0.2, 0.25) is 0 Å². The Morgan fingerprint density at radius 2 is 1.80 bits per heavy atom. The molecule has 0 saturated carbocycles. The van der Waals surface area contributed by atoms with Crippen LogP contribution in [0.15, 0.2) is 36.4 Å². The molecule has 0 amide bonds. The second-order valence-electron chi connectivity index (χ2n) is 3.97. The molecule has 0 aliphatic rings. The second-order valence-corrected chi connectivity index (χ2v) is 5.23. The number of aromatic carboxylic acids is 1. The van der Waals surface area contributed by atoms with Crippen LogP contribution in [0, 0.1) is 0 Å². The molecular weight excluding hydrogens is 323 g/mol. The van der Waals surface area contributed by atoms with Crippen molar-refractivity contribution in [1.29, 1.82) is 0 Å². The van der Waals surface area contributed by atoms with Crippen LogP contribution in [0.2, 0.25) is 15.1 Å². The maximum atomic E-state index is 10.8. The van der Waals surface area contributed by atoms with Gasteiger partial charge in [0.1, 0.15) is 12.4 Å². The van der Waals surface area contributed by atoms with Gasteiger partial charge in [-0.3, -0.25) is 0 Å². The molecule has 2 aromatic rings. The van der Waals surface area contributed by atoms with Crippen molar-refractivity contribution in [1.82, 2.24) is 0 Å². The van der Waals surface area contributed by atoms with E-state index >= 15 is 0 Å². The normalized spacial score (nSPS) is 10.3. The van der Waals surface area contributed by atoms with Crippen LogP contribution < -0.4 is 4.74 Å². The molecule has 0 aromatic heterocycles. The quantitative estimate of drug-likeness (QED) is 0.864. The number of halogens is 3. The molecule has 1 N–H and O–H groups in total. The smallest absolute Gasteiger partial charge is 0.335 e. The predicted molar refractivity (Wildman–Crippen MR) is 79.2 cm³/mol. The van der Waals surface area contributed by atoms with Crippen LogP contribution in [0.4, 0.5) is 0 Å². The van der Waals surface area contributed by atoms with Gasteiger partial charge in [-0.1, -0.05) is 40.9 Å². The zero-order chi connectivity index (χ0) is 14.7. The van der Waals surface area contributed by atoms with Gasteiger partial charge in [0.05, 0.1) is 10.6 Å². The number of carbonyl (C=O) groups is 1. The van der Waals surface area contributed by atoms with E-state index in [0.29, 0.717) is 26.4 Å². The standard InChI is InChI=1S/C14H9Cl3O3/c15-10-3-4-13(12(17)6-10)20-7-9-2-1-8(14(18)19)5-11(9)16/h1-6H,7H2,(H,18,19). The minimum atomic E-state index is -1.03. The van der Waals surface area contributed by atoms with Crippen LogP contribution in [0.5, 0.6) is 5.75 Å². The molecule has 0 spiro atoms. The summed E-state index contributed by atoms with van der Waals surface area (Å²) in [5.74, 6) is -0.547. The third-order valence-electron chi connectivity index (χ3n) is 2.58. The molecule has 0 atom stereocenters. The van der Waals surface area contributed by atoms with E-state index < -0.39 is 5.97 Å². The number of rotatable bonds is 4. The van der Waals surface area contributed by atoms with Crippen LogP contribution in [0.1, 0.15) is 15.9 Å². The summed E-state index contributed by atoms with van der Waals surface area (Å²) in [4.78, 5) is 10.8. The Bertz CT molecular complexity index is 656. The van der Waals surface area contributed by atoms with Gasteiger partial charge in [-0.2, -0.15) is 0 Å². The maximum Gasteiger partial charge on any atom is 0.335 e. The lowest BCUT2D eigenvalue weighted by Gasteiger charge is -2.10. The van der Waals surface area contributed by atoms with Crippen LogP contribution in [-0.4, -0.2) is 11.1 Å². The van der Waals surface area contributed by atoms with Crippen molar-refractivity contribution in [2.45, 2.75) is 6.61 Å². The predicted octanol–water partition coefficient (Wildman–Crippen LogP) is 4.92. The molecule has 3 nitrogen and oxygen atoms in total. The van der Waals surface area contributed by atoms with Crippen LogP contribution >= 0.6 is 34.8 Å². The minimum Gasteiger partial charge on any atom is -0.487 e. The van der Waals surface area contributed by atoms with Crippen molar-refractivity contribution in [2.24, 2.45) is 0 Å². The Hall–Kier alpha value is -1.42. The number of benzene rings is 2. The summed E-state index contributed by atoms with van der Waals surface area (Å²) in [5, 5.41) is 10.1. The third-order valence-corrected chi connectivity index (χ3v) is 3.46. The molecule has 0 heterocycles. The number of hydrogen-bond donors (Lipinski definition) is 1. The van der Waals surface area contributed by atoms with E-state index in [2.05, 4.69) is 0 Å². The molecule has 0 aliphatic carbocycles. The first kappa shape index (κ1) is 15.0. The van der Waals surface area contributed by atoms with Gasteiger partial charge in [-0.05, 0) is 30.3 Å². The Morgan fingerprint density at radius 3 is 2.40 bits per heavy atom. The lowest BCUT2D eigenvalue weighted by molar-refractivity contribution is 0.0697. The minimum absolute atomic E-state index is 0.128. The maximum absolute atomic E-state index is 10.8. The van der Waals surface area contributed by atoms with Crippen molar-refractivity contribution < 1.29 is 14.6 Å². The van der Waals surface area contributed by atoms with E-state index in [4.69, 9.17) is 44.6 Å². The highest BCUT2D eigenvalue weighted by Crippen LogP contribution is 2.29. The summed E-state index contributed by atoms with van der Waals surface area (Å²) in [6, 6.07) is 9.35. The van der Waals surface area contributed by atoms with Gasteiger partial charge in [0.15, 0.2) is 0 Å². The summed E-state index contributed by atoms with van der Waals surface area (Å²) in [6.45, 7) is 0.181. The Labute approximate surface area is 130 Å². The van der Waals surface area contributed by atoms with Gasteiger partial charge < -0.3 is 9.84 Å². The number of carboxylic acid groups (broad SMARTS) is 1. The van der Waals surface area contributed by atoms with E-state index in [1.54, 1.807) is 24.3 Å². The monoisotopic (exact) mass is 330 g/mol. The summed E-state index contributed by atoms with van der Waals surface area (Å²) in [5.41, 5.74) is 0.797. The average molecular weight is 332 g/mol. The molecule has 0 radical (unpaired) electrons. The first-order valence-electron chi connectivity index (χ1n) is 5.57. The van der Waals surface area contributed by atoms with Crippen molar-refractivity contribution >= 4 is 40.8 Å². The Balaban J connectivity index is 2.13. The van der Waals surface area contributed by atoms with Gasteiger partial charge in [0.25, 0.3) is 0 Å². The molecule has 0 aliphatic heterocycles. The van der Waals surface area contributed by atoms with E-state index in [1.807, 2.05) is 0 Å². The van der Waals surface area contributed by atoms with Gasteiger partial charge in [0, 0.05) is 15.6 Å². The number of carboxylic acids is 1. The molecule has 6 heteroatoms. The molecule has 20 heavy (non-hydrogen) atoms. The highest BCUT2D eigenvalue weighted by Gasteiger charge is 2.09. The first-order chi connectivity index (χ1) is 9.47. The third kappa shape index (κ3) is 3.57. The van der Waals surface area contributed by atoms with E-state index in [1.165, 1.54) is 12.1 Å². The fraction of sp³-hybridized carbons (Fsp3) is 0.0714. The largest absolute Gasteiger partial charge is 0.487 e. The highest BCUT2D eigenvalue weighted by molar-refractivity contribution is 6.35. The van der Waals surface area contributed by atoms with E-state index in [0.717, 1.165) is 0 Å². The van der Waals surface area contributed by atoms with Crippen molar-refractivity contribution in [3.8, 4) is 5.75 Å². The SMILES string of the molecule is O=C(O)c1ccc(COc2ccc(Cl)cc2Cl)c(Cl)c1. The highest BCUT2D eigenvalue weighted by atomic mass is 35.5. The molecular formula is C14H9Cl3O3.